The molecule has 0 spiro atoms. The lowest BCUT2D eigenvalue weighted by Gasteiger charge is -2.18. The third-order valence-corrected chi connectivity index (χ3v) is 3.36. The lowest BCUT2D eigenvalue weighted by molar-refractivity contribution is -0.145. The second-order valence-corrected chi connectivity index (χ2v) is 5.56. The van der Waals surface area contributed by atoms with Gasteiger partial charge in [-0.15, -0.1) is 0 Å². The summed E-state index contributed by atoms with van der Waals surface area (Å²) in [6, 6.07) is 9.61. The minimum Gasteiger partial charge on any atom is -0.467 e. The van der Waals surface area contributed by atoms with Crippen LogP contribution in [0.4, 0.5) is 0 Å². The Morgan fingerprint density at radius 2 is 1.87 bits per heavy atom. The maximum Gasteiger partial charge on any atom is 0.328 e. The molecule has 4 nitrogen and oxygen atoms in total. The number of ether oxygens (including phenoxy) is 1. The van der Waals surface area contributed by atoms with Crippen LogP contribution in [0, 0.1) is 5.92 Å². The third kappa shape index (κ3) is 7.45. The number of esters is 1. The Morgan fingerprint density at radius 1 is 1.17 bits per heavy atom. The highest BCUT2D eigenvalue weighted by Crippen LogP contribution is 2.04. The molecule has 4 heteroatoms. The molecule has 1 N–H and O–H groups in total. The summed E-state index contributed by atoms with van der Waals surface area (Å²) in [5.41, 5.74) is 1.29. The number of benzene rings is 1. The molecule has 0 aliphatic carbocycles. The van der Waals surface area contributed by atoms with Crippen LogP contribution >= 0.6 is 0 Å². The van der Waals surface area contributed by atoms with E-state index in [1.165, 1.54) is 18.7 Å². The second-order valence-electron chi connectivity index (χ2n) is 5.56. The van der Waals surface area contributed by atoms with Crippen molar-refractivity contribution in [3.8, 4) is 0 Å². The monoisotopic (exact) mass is 315 g/mol. The van der Waals surface area contributed by atoms with Crippen LogP contribution in [0.15, 0.2) is 54.6 Å². The van der Waals surface area contributed by atoms with Crippen LogP contribution in [0.5, 0.6) is 0 Å². The molecule has 0 saturated heterocycles. The molecule has 0 heterocycles. The quantitative estimate of drug-likeness (QED) is 0.456. The number of methoxy groups -OCH3 is 1. The average molecular weight is 315 g/mol. The Kier molecular flexibility index (Phi) is 8.43. The number of carbonyl (C=O) groups excluding carboxylic acids is 2. The number of amides is 1. The molecule has 0 aliphatic rings. The third-order valence-electron chi connectivity index (χ3n) is 3.36. The van der Waals surface area contributed by atoms with Crippen molar-refractivity contribution in [2.24, 2.45) is 5.92 Å². The molecule has 1 amide bonds. The molecule has 0 fully saturated rings. The molecule has 124 valence electrons. The van der Waals surface area contributed by atoms with E-state index in [2.05, 4.69) is 22.2 Å². The van der Waals surface area contributed by atoms with E-state index in [1.54, 1.807) is 6.08 Å². The maximum atomic E-state index is 11.8. The summed E-state index contributed by atoms with van der Waals surface area (Å²) in [6.45, 7) is 3.71. The van der Waals surface area contributed by atoms with Gasteiger partial charge in [0.2, 0.25) is 5.91 Å². The predicted octanol–water partition coefficient (Wildman–Crippen LogP) is 3.05. The summed E-state index contributed by atoms with van der Waals surface area (Å²) in [4.78, 5) is 23.4. The Labute approximate surface area is 138 Å². The van der Waals surface area contributed by atoms with E-state index in [0.717, 1.165) is 12.8 Å². The molecule has 0 aliphatic heterocycles. The highest BCUT2D eigenvalue weighted by atomic mass is 16.5. The molecule has 1 aromatic carbocycles. The maximum absolute atomic E-state index is 11.8. The zero-order valence-corrected chi connectivity index (χ0v) is 14.0. The van der Waals surface area contributed by atoms with Gasteiger partial charge in [-0.2, -0.15) is 0 Å². The first-order valence-electron chi connectivity index (χ1n) is 7.80. The van der Waals surface area contributed by atoms with E-state index in [0.29, 0.717) is 0 Å². The van der Waals surface area contributed by atoms with Gasteiger partial charge in [-0.05, 0) is 24.3 Å². The number of nitrogens with one attached hydrogen (secondary N) is 1. The minimum atomic E-state index is -0.626. The molecule has 0 aromatic heterocycles. The van der Waals surface area contributed by atoms with Gasteiger partial charge in [-0.25, -0.2) is 4.79 Å². The number of hydrogen-bond donors (Lipinski definition) is 1. The molecule has 0 saturated carbocycles. The smallest absolute Gasteiger partial charge is 0.328 e. The van der Waals surface area contributed by atoms with Crippen molar-refractivity contribution in [1.82, 2.24) is 5.32 Å². The van der Waals surface area contributed by atoms with E-state index >= 15 is 0 Å². The van der Waals surface area contributed by atoms with Crippen LogP contribution in [0.25, 0.3) is 0 Å². The fourth-order valence-corrected chi connectivity index (χ4v) is 2.04. The van der Waals surface area contributed by atoms with Crippen LogP contribution in [0.1, 0.15) is 25.8 Å². The van der Waals surface area contributed by atoms with Crippen molar-refractivity contribution < 1.29 is 14.3 Å². The van der Waals surface area contributed by atoms with Crippen molar-refractivity contribution >= 4 is 11.9 Å². The first-order valence-corrected chi connectivity index (χ1v) is 7.80. The summed E-state index contributed by atoms with van der Waals surface area (Å²) in [5.74, 6) is -0.761. The summed E-state index contributed by atoms with van der Waals surface area (Å²) in [6.07, 6.45) is 8.82. The van der Waals surface area contributed by atoms with Crippen LogP contribution < -0.4 is 5.32 Å². The lowest BCUT2D eigenvalue weighted by Crippen LogP contribution is -2.44. The fraction of sp³-hybridized carbons (Fsp3) is 0.368. The van der Waals surface area contributed by atoms with Gasteiger partial charge >= 0.3 is 5.97 Å². The highest BCUT2D eigenvalue weighted by molar-refractivity contribution is 5.91. The van der Waals surface area contributed by atoms with Gasteiger partial charge in [0.15, 0.2) is 0 Å². The first-order chi connectivity index (χ1) is 11.0. The molecule has 1 atom stereocenters. The number of allylic oxidation sites excluding steroid dienone is 3. The van der Waals surface area contributed by atoms with Gasteiger partial charge in [0.1, 0.15) is 6.04 Å². The SMILES string of the molecule is COC(=O)C(NC(=O)/C=C/C=C/CCc1ccccc1)C(C)C. The number of aryl methyl sites for hydroxylation is 1. The summed E-state index contributed by atoms with van der Waals surface area (Å²) < 4.78 is 4.68. The number of rotatable bonds is 8. The zero-order chi connectivity index (χ0) is 17.1. The van der Waals surface area contributed by atoms with Crippen LogP contribution in [0.3, 0.4) is 0 Å². The summed E-state index contributed by atoms with van der Waals surface area (Å²) in [7, 11) is 1.31. The summed E-state index contributed by atoms with van der Waals surface area (Å²) in [5, 5.41) is 2.65. The van der Waals surface area contributed by atoms with Crippen LogP contribution in [-0.2, 0) is 20.7 Å². The van der Waals surface area contributed by atoms with Crippen molar-refractivity contribution in [2.45, 2.75) is 32.7 Å². The largest absolute Gasteiger partial charge is 0.467 e. The number of hydrogen-bond acceptors (Lipinski definition) is 3. The van der Waals surface area contributed by atoms with Gasteiger partial charge < -0.3 is 10.1 Å². The van der Waals surface area contributed by atoms with Gasteiger partial charge in [0.25, 0.3) is 0 Å². The van der Waals surface area contributed by atoms with Gasteiger partial charge in [0, 0.05) is 6.08 Å². The molecular formula is C19H25NO3. The second kappa shape index (κ2) is 10.4. The molecule has 1 aromatic rings. The molecular weight excluding hydrogens is 290 g/mol. The highest BCUT2D eigenvalue weighted by Gasteiger charge is 2.23. The molecule has 1 rings (SSSR count). The molecule has 1 unspecified atom stereocenters. The predicted molar refractivity (Wildman–Crippen MR) is 91.8 cm³/mol. The zero-order valence-electron chi connectivity index (χ0n) is 14.0. The van der Waals surface area contributed by atoms with E-state index in [1.807, 2.05) is 44.2 Å². The normalized spacial score (nSPS) is 12.7. The Bertz CT molecular complexity index is 547. The van der Waals surface area contributed by atoms with Crippen LogP contribution in [-0.4, -0.2) is 25.0 Å². The van der Waals surface area contributed by atoms with E-state index < -0.39 is 12.0 Å². The van der Waals surface area contributed by atoms with E-state index in [-0.39, 0.29) is 11.8 Å². The average Bonchev–Trinajstić information content (AvgIpc) is 2.55. The Morgan fingerprint density at radius 3 is 2.48 bits per heavy atom. The first kappa shape index (κ1) is 18.7. The van der Waals surface area contributed by atoms with E-state index in [4.69, 9.17) is 0 Å². The standard InChI is InChI=1S/C19H25NO3/c1-15(2)18(19(22)23-3)20-17(21)14-10-5-4-7-11-16-12-8-6-9-13-16/h4-6,8-10,12-15,18H,7,11H2,1-3H3,(H,20,21)/b5-4+,14-10+. The van der Waals surface area contributed by atoms with Gasteiger partial charge in [-0.3, -0.25) is 4.79 Å². The van der Waals surface area contributed by atoms with Gasteiger partial charge in [-0.1, -0.05) is 62.4 Å². The van der Waals surface area contributed by atoms with Crippen LogP contribution in [0.2, 0.25) is 0 Å². The van der Waals surface area contributed by atoms with Crippen molar-refractivity contribution in [1.29, 1.82) is 0 Å². The Balaban J connectivity index is 2.36. The molecule has 0 bridgehead atoms. The van der Waals surface area contributed by atoms with Gasteiger partial charge in [0.05, 0.1) is 7.11 Å². The Hall–Kier alpha value is -2.36. The molecule has 23 heavy (non-hydrogen) atoms. The van der Waals surface area contributed by atoms with Crippen molar-refractivity contribution in [3.05, 3.63) is 60.2 Å². The summed E-state index contributed by atoms with van der Waals surface area (Å²) >= 11 is 0. The van der Waals surface area contributed by atoms with Crippen molar-refractivity contribution in [3.63, 3.8) is 0 Å². The topological polar surface area (TPSA) is 55.4 Å². The molecule has 0 radical (unpaired) electrons. The fourth-order valence-electron chi connectivity index (χ4n) is 2.04. The van der Waals surface area contributed by atoms with Crippen molar-refractivity contribution in [2.75, 3.05) is 7.11 Å². The van der Waals surface area contributed by atoms with E-state index in [9.17, 15) is 9.59 Å². The number of carbonyl (C=O) groups is 2. The minimum absolute atomic E-state index is 0.0267. The lowest BCUT2D eigenvalue weighted by atomic mass is 10.0.